The van der Waals surface area contributed by atoms with Crippen molar-refractivity contribution < 1.29 is 22.7 Å². The minimum absolute atomic E-state index is 0.0396. The highest BCUT2D eigenvalue weighted by Gasteiger charge is 2.53. The summed E-state index contributed by atoms with van der Waals surface area (Å²) in [4.78, 5) is 18.7. The zero-order chi connectivity index (χ0) is 25.3. The number of carbonyl (C=O) groups excluding carboxylic acids is 1. The summed E-state index contributed by atoms with van der Waals surface area (Å²) in [5, 5.41) is 0. The molecule has 0 unspecified atom stereocenters. The van der Waals surface area contributed by atoms with Gasteiger partial charge in [0.2, 0.25) is 5.91 Å². The van der Waals surface area contributed by atoms with Crippen LogP contribution in [0.2, 0.25) is 0 Å². The zero-order valence-electron chi connectivity index (χ0n) is 20.3. The minimum Gasteiger partial charge on any atom is -0.406 e. The predicted octanol–water partition coefficient (Wildman–Crippen LogP) is 6.94. The molecule has 1 amide bonds. The van der Waals surface area contributed by atoms with E-state index in [0.29, 0.717) is 16.9 Å². The molecule has 0 aliphatic heterocycles. The van der Waals surface area contributed by atoms with Gasteiger partial charge in [-0.3, -0.25) is 4.79 Å². The normalized spacial score (nSPS) is 18.4. The van der Waals surface area contributed by atoms with Gasteiger partial charge in [-0.05, 0) is 61.8 Å². The number of nitrogens with two attached hydrogens (primary N) is 1. The van der Waals surface area contributed by atoms with Crippen LogP contribution in [-0.4, -0.2) is 21.8 Å². The van der Waals surface area contributed by atoms with Crippen LogP contribution in [0.4, 0.5) is 13.2 Å². The van der Waals surface area contributed by atoms with Gasteiger partial charge >= 0.3 is 6.36 Å². The van der Waals surface area contributed by atoms with Gasteiger partial charge in [0.25, 0.3) is 0 Å². The highest BCUT2D eigenvalue weighted by molar-refractivity contribution is 5.90. The molecule has 192 valence electrons. The summed E-state index contributed by atoms with van der Waals surface area (Å²) < 4.78 is 45.2. The largest absolute Gasteiger partial charge is 0.573 e. The topological polar surface area (TPSA) is 70.1 Å². The van der Waals surface area contributed by atoms with E-state index in [1.165, 1.54) is 18.2 Å². The molecule has 2 aliphatic rings. The van der Waals surface area contributed by atoms with E-state index in [1.54, 1.807) is 6.07 Å². The molecule has 5 nitrogen and oxygen atoms in total. The third-order valence-corrected chi connectivity index (χ3v) is 8.11. The van der Waals surface area contributed by atoms with Gasteiger partial charge in [0.15, 0.2) is 0 Å². The molecule has 1 aromatic heterocycles. The maximum atomic E-state index is 13.8. The average molecular weight is 500 g/mol. The molecule has 0 bridgehead atoms. The number of benzene rings is 2. The SMILES string of the molecule is NC(=O)C(C1CCCCC1)(C1CCCCC1)n1c(-c2cccc(OC(F)(F)F)c2)nc2ccccc21. The monoisotopic (exact) mass is 499 g/mol. The van der Waals surface area contributed by atoms with Crippen LogP contribution in [0.3, 0.4) is 0 Å². The van der Waals surface area contributed by atoms with E-state index >= 15 is 0 Å². The van der Waals surface area contributed by atoms with Crippen molar-refractivity contribution >= 4 is 16.9 Å². The molecule has 0 saturated heterocycles. The number of halogens is 3. The summed E-state index contributed by atoms with van der Waals surface area (Å²) in [7, 11) is 0. The van der Waals surface area contributed by atoms with Crippen LogP contribution in [0.5, 0.6) is 5.75 Å². The van der Waals surface area contributed by atoms with Crippen molar-refractivity contribution in [2.45, 2.75) is 76.1 Å². The molecule has 8 heteroatoms. The number of alkyl halides is 3. The molecule has 2 saturated carbocycles. The Morgan fingerprint density at radius 3 is 2.08 bits per heavy atom. The van der Waals surface area contributed by atoms with E-state index in [2.05, 4.69) is 4.74 Å². The molecule has 2 fully saturated rings. The van der Waals surface area contributed by atoms with Crippen LogP contribution in [0, 0.1) is 11.8 Å². The molecular formula is C28H32F3N3O2. The number of primary amides is 1. The molecule has 36 heavy (non-hydrogen) atoms. The molecule has 2 aromatic carbocycles. The van der Waals surface area contributed by atoms with Crippen LogP contribution in [0.15, 0.2) is 48.5 Å². The zero-order valence-corrected chi connectivity index (χ0v) is 20.3. The summed E-state index contributed by atoms with van der Waals surface area (Å²) >= 11 is 0. The van der Waals surface area contributed by atoms with Gasteiger partial charge in [-0.25, -0.2) is 4.98 Å². The lowest BCUT2D eigenvalue weighted by Crippen LogP contribution is -2.58. The van der Waals surface area contributed by atoms with Gasteiger partial charge in [0.05, 0.1) is 11.0 Å². The Morgan fingerprint density at radius 1 is 0.889 bits per heavy atom. The Morgan fingerprint density at radius 2 is 1.50 bits per heavy atom. The summed E-state index contributed by atoms with van der Waals surface area (Å²) in [5.41, 5.74) is 7.34. The summed E-state index contributed by atoms with van der Waals surface area (Å²) in [5.74, 6) is -0.151. The smallest absolute Gasteiger partial charge is 0.406 e. The Bertz CT molecular complexity index is 1210. The lowest BCUT2D eigenvalue weighted by Gasteiger charge is -2.48. The van der Waals surface area contributed by atoms with Crippen molar-refractivity contribution in [3.8, 4) is 17.1 Å². The number of rotatable bonds is 6. The number of fused-ring (bicyclic) bond motifs is 1. The second kappa shape index (κ2) is 9.79. The lowest BCUT2D eigenvalue weighted by molar-refractivity contribution is -0.274. The standard InChI is InChI=1S/C28H32F3N3O2/c29-28(30,31)36-22-15-9-10-19(18-22)25-33-23-16-7-8-17-24(23)34(25)27(26(32)35,20-11-3-1-4-12-20)21-13-5-2-6-14-21/h7-10,15-18,20-21H,1-6,11-14H2,(H2,32,35). The van der Waals surface area contributed by atoms with Crippen molar-refractivity contribution in [2.75, 3.05) is 0 Å². The van der Waals surface area contributed by atoms with Gasteiger partial charge < -0.3 is 15.0 Å². The third kappa shape index (κ3) is 4.46. The fourth-order valence-corrected chi connectivity index (χ4v) is 6.72. The lowest BCUT2D eigenvalue weighted by atomic mass is 9.63. The Kier molecular flexibility index (Phi) is 6.70. The van der Waals surface area contributed by atoms with Crippen LogP contribution in [0.25, 0.3) is 22.4 Å². The van der Waals surface area contributed by atoms with Crippen molar-refractivity contribution in [3.05, 3.63) is 48.5 Å². The molecule has 0 radical (unpaired) electrons. The van der Waals surface area contributed by atoms with E-state index in [9.17, 15) is 18.0 Å². The van der Waals surface area contributed by atoms with Gasteiger partial charge in [-0.1, -0.05) is 62.8 Å². The first-order valence-electron chi connectivity index (χ1n) is 12.9. The second-order valence-corrected chi connectivity index (χ2v) is 10.2. The van der Waals surface area contributed by atoms with Crippen LogP contribution >= 0.6 is 0 Å². The van der Waals surface area contributed by atoms with E-state index < -0.39 is 11.9 Å². The maximum absolute atomic E-state index is 13.8. The number of para-hydroxylation sites is 2. The minimum atomic E-state index is -4.81. The second-order valence-electron chi connectivity index (χ2n) is 10.2. The van der Waals surface area contributed by atoms with Crippen LogP contribution in [0.1, 0.15) is 64.2 Å². The van der Waals surface area contributed by atoms with E-state index in [1.807, 2.05) is 28.8 Å². The van der Waals surface area contributed by atoms with Crippen molar-refractivity contribution in [1.82, 2.24) is 9.55 Å². The number of hydrogen-bond acceptors (Lipinski definition) is 3. The van der Waals surface area contributed by atoms with E-state index in [-0.39, 0.29) is 23.5 Å². The predicted molar refractivity (Wildman–Crippen MR) is 132 cm³/mol. The quantitative estimate of drug-likeness (QED) is 0.399. The number of carbonyl (C=O) groups is 1. The maximum Gasteiger partial charge on any atom is 0.573 e. The van der Waals surface area contributed by atoms with Gasteiger partial charge in [-0.2, -0.15) is 0 Å². The Hall–Kier alpha value is -3.03. The first-order valence-corrected chi connectivity index (χ1v) is 12.9. The molecule has 2 N–H and O–H groups in total. The number of ether oxygens (including phenoxy) is 1. The average Bonchev–Trinajstić information content (AvgIpc) is 3.25. The first kappa shape index (κ1) is 24.7. The highest BCUT2D eigenvalue weighted by Crippen LogP contribution is 2.50. The number of imidazole rings is 1. The van der Waals surface area contributed by atoms with E-state index in [4.69, 9.17) is 10.7 Å². The Balaban J connectivity index is 1.78. The highest BCUT2D eigenvalue weighted by atomic mass is 19.4. The van der Waals surface area contributed by atoms with Crippen LogP contribution < -0.4 is 10.5 Å². The number of aromatic nitrogens is 2. The third-order valence-electron chi connectivity index (χ3n) is 8.11. The number of nitrogens with zero attached hydrogens (tertiary/aromatic N) is 2. The molecular weight excluding hydrogens is 467 g/mol. The van der Waals surface area contributed by atoms with Gasteiger partial charge in [0, 0.05) is 5.56 Å². The molecule has 5 rings (SSSR count). The van der Waals surface area contributed by atoms with Crippen molar-refractivity contribution in [3.63, 3.8) is 0 Å². The number of hydrogen-bond donors (Lipinski definition) is 1. The van der Waals surface area contributed by atoms with Gasteiger partial charge in [-0.15, -0.1) is 13.2 Å². The van der Waals surface area contributed by atoms with Gasteiger partial charge in [0.1, 0.15) is 17.1 Å². The molecule has 2 aliphatic carbocycles. The summed E-state index contributed by atoms with van der Waals surface area (Å²) in [6.45, 7) is 0. The number of amides is 1. The summed E-state index contributed by atoms with van der Waals surface area (Å²) in [6, 6.07) is 13.4. The molecule has 0 atom stereocenters. The fraction of sp³-hybridized carbons (Fsp3) is 0.500. The van der Waals surface area contributed by atoms with Crippen molar-refractivity contribution in [1.29, 1.82) is 0 Å². The summed E-state index contributed by atoms with van der Waals surface area (Å²) in [6.07, 6.45) is 5.14. The molecule has 3 aromatic rings. The van der Waals surface area contributed by atoms with Crippen molar-refractivity contribution in [2.24, 2.45) is 17.6 Å². The first-order chi connectivity index (χ1) is 17.3. The molecule has 1 heterocycles. The molecule has 0 spiro atoms. The fourth-order valence-electron chi connectivity index (χ4n) is 6.72. The Labute approximate surface area is 208 Å². The van der Waals surface area contributed by atoms with E-state index in [0.717, 1.165) is 69.7 Å². The van der Waals surface area contributed by atoms with Crippen LogP contribution in [-0.2, 0) is 10.3 Å².